The summed E-state index contributed by atoms with van der Waals surface area (Å²) in [5, 5.41) is 47.1. The zero-order valence-corrected chi connectivity index (χ0v) is 65.7. The van der Waals surface area contributed by atoms with E-state index in [1.807, 2.05) is 127 Å². The number of methoxy groups -OCH3 is 1. The van der Waals surface area contributed by atoms with Crippen molar-refractivity contribution in [1.29, 1.82) is 5.26 Å². The van der Waals surface area contributed by atoms with E-state index in [4.69, 9.17) is 68.7 Å². The van der Waals surface area contributed by atoms with Crippen LogP contribution >= 0.6 is 0 Å². The van der Waals surface area contributed by atoms with E-state index in [0.29, 0.717) is 110 Å². The molecule has 119 heavy (non-hydrogen) atoms. The van der Waals surface area contributed by atoms with Crippen LogP contribution in [0.2, 0.25) is 0 Å². The lowest BCUT2D eigenvalue weighted by atomic mass is 9.91. The summed E-state index contributed by atoms with van der Waals surface area (Å²) < 4.78 is 49.2. The molecule has 5 aliphatic rings. The van der Waals surface area contributed by atoms with E-state index in [-0.39, 0.29) is 32.3 Å². The minimum absolute atomic E-state index is 0.0932. The highest BCUT2D eigenvalue weighted by molar-refractivity contribution is 5.99. The van der Waals surface area contributed by atoms with Crippen molar-refractivity contribution >= 4 is 58.2 Å². The van der Waals surface area contributed by atoms with Crippen LogP contribution in [0.3, 0.4) is 0 Å². The first-order chi connectivity index (χ1) is 57.7. The molecule has 8 N–H and O–H groups in total. The van der Waals surface area contributed by atoms with E-state index in [0.717, 1.165) is 44.5 Å². The molecule has 1 aliphatic heterocycles. The molecule has 0 unspecified atom stereocenters. The average Bonchev–Trinajstić information content (AvgIpc) is 1.57. The number of nitriles is 1. The number of benzene rings is 10. The first kappa shape index (κ1) is 84.7. The third-order valence-corrected chi connectivity index (χ3v) is 21.8. The predicted molar refractivity (Wildman–Crippen MR) is 429 cm³/mol. The van der Waals surface area contributed by atoms with Gasteiger partial charge in [0.25, 0.3) is 0 Å². The minimum Gasteiger partial charge on any atom is -0.489 e. The van der Waals surface area contributed by atoms with Crippen molar-refractivity contribution in [3.05, 3.63) is 287 Å². The highest BCUT2D eigenvalue weighted by atomic mass is 16.7. The molecule has 10 aromatic rings. The van der Waals surface area contributed by atoms with Crippen LogP contribution in [-0.2, 0) is 97.0 Å². The SMILES string of the molecule is CCOC(=O)[C@@]1(Cc2ccc(Oc3ccc4c(c3)OCO4)cc2)C[C@@H]1C(=O)NO.CCOC(=O)[C@@]1(Cc2ccc(Oc3cccc(C#N)c3)cc2)C[C@@H]1C(=O)NO.CN(Cc1ccccc1)C(=O)[C@@]1(Cc2ccc(OCc3ccccc3)cc2)C[C@@H]1C(=O)NO.COC(=O)[C@]1(c2cccc(OCc3ccc4ccccc4c3)c2)C[C@H]1C(=O)NO. The van der Waals surface area contributed by atoms with Crippen molar-refractivity contribution < 1.29 is 102 Å². The smallest absolute Gasteiger partial charge is 0.317 e. The molecule has 5 amide bonds. The highest BCUT2D eigenvalue weighted by Crippen LogP contribution is 2.59. The fourth-order valence-electron chi connectivity index (χ4n) is 15.1. The molecular weight excluding hydrogens is 1530 g/mol. The van der Waals surface area contributed by atoms with Gasteiger partial charge in [0.15, 0.2) is 11.5 Å². The Morgan fingerprint density at radius 2 is 0.882 bits per heavy atom. The molecule has 0 aromatic heterocycles. The fourth-order valence-corrected chi connectivity index (χ4v) is 15.1. The zero-order chi connectivity index (χ0) is 84.3. The summed E-state index contributed by atoms with van der Waals surface area (Å²) in [7, 11) is 3.04. The summed E-state index contributed by atoms with van der Waals surface area (Å²) in [6.45, 7) is 5.40. The van der Waals surface area contributed by atoms with Gasteiger partial charge in [0.1, 0.15) is 53.1 Å². The fraction of sp³-hybridized carbons (Fsp3) is 0.272. The average molecular weight is 1620 g/mol. The van der Waals surface area contributed by atoms with Crippen LogP contribution < -0.4 is 50.3 Å². The predicted octanol–water partition coefficient (Wildman–Crippen LogP) is 13.1. The number of fused-ring (bicyclic) bond motifs is 2. The monoisotopic (exact) mass is 1610 g/mol. The Bertz CT molecular complexity index is 5330. The van der Waals surface area contributed by atoms with Crippen LogP contribution in [0.25, 0.3) is 10.8 Å². The Balaban J connectivity index is 0.000000146. The molecule has 15 rings (SSSR count). The maximum absolute atomic E-state index is 13.4. The van der Waals surface area contributed by atoms with E-state index >= 15 is 0 Å². The summed E-state index contributed by atoms with van der Waals surface area (Å²) in [6, 6.07) is 77.3. The van der Waals surface area contributed by atoms with Gasteiger partial charge in [-0.2, -0.15) is 5.26 Å². The van der Waals surface area contributed by atoms with E-state index in [1.54, 1.807) is 139 Å². The van der Waals surface area contributed by atoms with Crippen molar-refractivity contribution in [2.24, 2.45) is 39.9 Å². The number of nitrogens with one attached hydrogen (secondary N) is 4. The third kappa shape index (κ3) is 20.2. The molecule has 4 fully saturated rings. The van der Waals surface area contributed by atoms with Crippen LogP contribution in [0.4, 0.5) is 0 Å². The largest absolute Gasteiger partial charge is 0.489 e. The lowest BCUT2D eigenvalue weighted by Crippen LogP contribution is -2.38. The van der Waals surface area contributed by atoms with Crippen LogP contribution in [-0.4, -0.2) is 107 Å². The van der Waals surface area contributed by atoms with E-state index < -0.39 is 86.9 Å². The number of nitrogens with zero attached hydrogens (tertiary/aromatic N) is 2. The molecule has 4 aliphatic carbocycles. The molecule has 0 saturated heterocycles. The van der Waals surface area contributed by atoms with Gasteiger partial charge in [-0.25, -0.2) is 21.9 Å². The second-order valence-electron chi connectivity index (χ2n) is 29.5. The Labute approximate surface area is 686 Å². The van der Waals surface area contributed by atoms with E-state index in [9.17, 15) is 38.4 Å². The van der Waals surface area contributed by atoms with Crippen LogP contribution in [0, 0.1) is 51.2 Å². The quantitative estimate of drug-likeness (QED) is 0.00934. The number of hydrogen-bond acceptors (Lipinski definition) is 22. The third-order valence-electron chi connectivity index (χ3n) is 21.8. The highest BCUT2D eigenvalue weighted by Gasteiger charge is 2.68. The lowest BCUT2D eigenvalue weighted by Gasteiger charge is -2.25. The number of esters is 3. The molecular formula is C92H90N6O21. The lowest BCUT2D eigenvalue weighted by molar-refractivity contribution is -0.152. The van der Waals surface area contributed by atoms with Crippen molar-refractivity contribution in [3.8, 4) is 52.1 Å². The molecule has 0 radical (unpaired) electrons. The summed E-state index contributed by atoms with van der Waals surface area (Å²) >= 11 is 0. The van der Waals surface area contributed by atoms with Gasteiger partial charge in [-0.1, -0.05) is 152 Å². The number of ether oxygens (including phenoxy) is 9. The number of carbonyl (C=O) groups is 8. The first-order valence-corrected chi connectivity index (χ1v) is 38.6. The standard InChI is InChI=1S/C27H28N2O4.C23H21NO5.C21H20N2O5.C21H21NO7/c1-29(18-21-8-4-2-5-9-21)26(31)27(17-24(27)25(30)28-32)16-20-12-14-23(15-13-20)33-19-22-10-6-3-7-11-22;1-28-22(26)23(13-20(23)21(25)24-27)18-7-4-8-19(12-18)29-14-15-9-10-16-5-2-3-6-17(16)11-15;1-2-27-20(25)21(12-18(21)19(24)23-26)11-14-6-8-16(9-7-14)28-17-5-3-4-15(10-17)13-22;1-2-26-20(24)21(11-16(21)19(23)22-25)10-13-3-5-14(6-4-13)29-15-7-8-17-18(9-15)28-12-27-17/h2-15,24,32H,16-19H2,1H3,(H,28,30);2-12,20,27H,13-14H2,1H3,(H,24,25);3-10,18,26H,2,11-12H2,1H3,(H,23,24);3-9,16,25H,2,10-12H2,1H3,(H,22,23)/t24-,27+;20-,23-;18-,21+;16-,21+/m1011/s1. The number of rotatable bonds is 29. The van der Waals surface area contributed by atoms with Gasteiger partial charge >= 0.3 is 17.9 Å². The van der Waals surface area contributed by atoms with Crippen molar-refractivity contribution in [2.75, 3.05) is 34.2 Å². The van der Waals surface area contributed by atoms with Crippen LogP contribution in [0.15, 0.2) is 243 Å². The molecule has 0 bridgehead atoms. The topological polar surface area (TPSA) is 376 Å². The molecule has 10 aromatic carbocycles. The van der Waals surface area contributed by atoms with Gasteiger partial charge in [0.2, 0.25) is 36.3 Å². The minimum atomic E-state index is -1.09. The normalized spacial score (nSPS) is 20.1. The second-order valence-corrected chi connectivity index (χ2v) is 29.5. The molecule has 27 nitrogen and oxygen atoms in total. The summed E-state index contributed by atoms with van der Waals surface area (Å²) in [4.78, 5) is 100. The molecule has 27 heteroatoms. The summed E-state index contributed by atoms with van der Waals surface area (Å²) in [5.74, 6) is -1.11. The van der Waals surface area contributed by atoms with Crippen molar-refractivity contribution in [3.63, 3.8) is 0 Å². The number of carbonyl (C=O) groups excluding carboxylic acids is 8. The van der Waals surface area contributed by atoms with E-state index in [2.05, 4.69) is 30.3 Å². The maximum atomic E-state index is 13.4. The van der Waals surface area contributed by atoms with Crippen molar-refractivity contribution in [2.45, 2.75) is 84.0 Å². The Morgan fingerprint density at radius 3 is 1.44 bits per heavy atom. The van der Waals surface area contributed by atoms with Crippen LogP contribution in [0.5, 0.6) is 46.0 Å². The molecule has 8 atom stereocenters. The number of amides is 5. The second kappa shape index (κ2) is 38.4. The maximum Gasteiger partial charge on any atom is 0.317 e. The zero-order valence-electron chi connectivity index (χ0n) is 65.7. The van der Waals surface area contributed by atoms with Gasteiger partial charge < -0.3 is 47.5 Å². The number of hydroxylamine groups is 4. The Hall–Kier alpha value is -13.7. The molecule has 614 valence electrons. The van der Waals surface area contributed by atoms with E-state index in [1.165, 1.54) is 12.5 Å². The molecule has 0 spiro atoms. The van der Waals surface area contributed by atoms with Gasteiger partial charge in [-0.3, -0.25) is 59.2 Å². The Kier molecular flexibility index (Phi) is 27.4. The van der Waals surface area contributed by atoms with Gasteiger partial charge in [0, 0.05) is 19.7 Å². The van der Waals surface area contributed by atoms with Crippen LogP contribution in [0.1, 0.15) is 84.0 Å². The molecule has 1 heterocycles. The molecule has 4 saturated carbocycles. The Morgan fingerprint density at radius 1 is 0.429 bits per heavy atom. The number of hydrogen-bond donors (Lipinski definition) is 8. The van der Waals surface area contributed by atoms with Gasteiger partial charge in [0.05, 0.1) is 71.9 Å². The van der Waals surface area contributed by atoms with Gasteiger partial charge in [-0.05, 0) is 193 Å². The first-order valence-electron chi connectivity index (χ1n) is 38.6. The van der Waals surface area contributed by atoms with Crippen molar-refractivity contribution in [1.82, 2.24) is 26.8 Å². The van der Waals surface area contributed by atoms with Gasteiger partial charge in [-0.15, -0.1) is 0 Å². The summed E-state index contributed by atoms with van der Waals surface area (Å²) in [6.07, 6.45) is 2.44. The summed E-state index contributed by atoms with van der Waals surface area (Å²) in [5.41, 5.74) is 9.69.